The molecule has 1 aliphatic heterocycles. The van der Waals surface area contributed by atoms with Gasteiger partial charge in [-0.2, -0.15) is 0 Å². The molecular formula is C19H29N3O3S. The molecule has 26 heavy (non-hydrogen) atoms. The molecule has 3 rings (SSSR count). The Labute approximate surface area is 159 Å². The van der Waals surface area contributed by atoms with E-state index in [4.69, 9.17) is 4.74 Å². The van der Waals surface area contributed by atoms with Gasteiger partial charge in [-0.15, -0.1) is 11.3 Å². The molecule has 144 valence electrons. The van der Waals surface area contributed by atoms with Crippen LogP contribution in [0.4, 0.5) is 9.59 Å². The highest BCUT2D eigenvalue weighted by Gasteiger charge is 2.30. The standard InChI is InChI=1S/C19H29N3O3S/c1-2-25-19(24)22-11-9-15(10-12-22)20-18(23)21-17(14-6-3-4-7-14)16-8-5-13-26-16/h5,8,13-15,17H,2-4,6-7,9-12H2,1H3,(H2,20,21,23). The van der Waals surface area contributed by atoms with Gasteiger partial charge in [0.05, 0.1) is 12.6 Å². The summed E-state index contributed by atoms with van der Waals surface area (Å²) in [6.45, 7) is 3.46. The minimum absolute atomic E-state index is 0.0927. The van der Waals surface area contributed by atoms with E-state index in [2.05, 4.69) is 22.1 Å². The van der Waals surface area contributed by atoms with Gasteiger partial charge in [0, 0.05) is 24.0 Å². The molecule has 2 N–H and O–H groups in total. The van der Waals surface area contributed by atoms with Crippen LogP contribution in [0.25, 0.3) is 0 Å². The molecule has 3 amide bonds. The van der Waals surface area contributed by atoms with Gasteiger partial charge in [-0.1, -0.05) is 18.9 Å². The van der Waals surface area contributed by atoms with Gasteiger partial charge >= 0.3 is 12.1 Å². The molecule has 1 saturated carbocycles. The number of urea groups is 1. The molecule has 2 fully saturated rings. The molecule has 0 radical (unpaired) electrons. The number of thiophene rings is 1. The minimum atomic E-state index is -0.255. The molecule has 1 saturated heterocycles. The molecule has 0 bridgehead atoms. The zero-order valence-corrected chi connectivity index (χ0v) is 16.2. The number of ether oxygens (including phenoxy) is 1. The molecule has 0 aromatic carbocycles. The summed E-state index contributed by atoms with van der Waals surface area (Å²) in [4.78, 5) is 27.3. The van der Waals surface area contributed by atoms with Gasteiger partial charge in [0.2, 0.25) is 0 Å². The van der Waals surface area contributed by atoms with Crippen molar-refractivity contribution in [2.75, 3.05) is 19.7 Å². The average Bonchev–Trinajstić information content (AvgIpc) is 3.34. The van der Waals surface area contributed by atoms with Crippen LogP contribution in [0.15, 0.2) is 17.5 Å². The molecule has 2 heterocycles. The molecule has 2 aliphatic rings. The van der Waals surface area contributed by atoms with Crippen LogP contribution in [-0.2, 0) is 4.74 Å². The van der Waals surface area contributed by atoms with Crippen LogP contribution >= 0.6 is 11.3 Å². The molecule has 1 aliphatic carbocycles. The SMILES string of the molecule is CCOC(=O)N1CCC(NC(=O)NC(c2cccs2)C2CCCC2)CC1. The largest absolute Gasteiger partial charge is 0.450 e. The van der Waals surface area contributed by atoms with Gasteiger partial charge in [-0.25, -0.2) is 9.59 Å². The van der Waals surface area contributed by atoms with Gasteiger partial charge in [0.1, 0.15) is 0 Å². The third-order valence-electron chi connectivity index (χ3n) is 5.36. The lowest BCUT2D eigenvalue weighted by atomic mass is 9.97. The second kappa shape index (κ2) is 9.26. The fourth-order valence-electron chi connectivity index (χ4n) is 3.97. The first-order valence-corrected chi connectivity index (χ1v) is 10.6. The van der Waals surface area contributed by atoms with Crippen molar-refractivity contribution in [3.05, 3.63) is 22.4 Å². The van der Waals surface area contributed by atoms with E-state index in [-0.39, 0.29) is 24.2 Å². The first-order valence-electron chi connectivity index (χ1n) is 9.69. The number of rotatable bonds is 5. The van der Waals surface area contributed by atoms with Gasteiger partial charge in [-0.3, -0.25) is 0 Å². The maximum Gasteiger partial charge on any atom is 0.409 e. The van der Waals surface area contributed by atoms with Crippen LogP contribution in [0.2, 0.25) is 0 Å². The Balaban J connectivity index is 1.49. The van der Waals surface area contributed by atoms with Gasteiger partial charge in [0.15, 0.2) is 0 Å². The predicted molar refractivity (Wildman–Crippen MR) is 102 cm³/mol. The van der Waals surface area contributed by atoms with Crippen molar-refractivity contribution in [3.63, 3.8) is 0 Å². The van der Waals surface area contributed by atoms with E-state index in [1.165, 1.54) is 30.6 Å². The highest BCUT2D eigenvalue weighted by atomic mass is 32.1. The molecule has 1 unspecified atom stereocenters. The van der Waals surface area contributed by atoms with Crippen LogP contribution < -0.4 is 10.6 Å². The van der Waals surface area contributed by atoms with E-state index in [1.54, 1.807) is 16.2 Å². The van der Waals surface area contributed by atoms with Crippen molar-refractivity contribution in [1.82, 2.24) is 15.5 Å². The van der Waals surface area contributed by atoms with Crippen LogP contribution in [-0.4, -0.2) is 42.8 Å². The monoisotopic (exact) mass is 379 g/mol. The molecule has 1 aromatic heterocycles. The van der Waals surface area contributed by atoms with E-state index in [9.17, 15) is 9.59 Å². The Bertz CT molecular complexity index is 579. The summed E-state index contributed by atoms with van der Waals surface area (Å²) in [5.74, 6) is 0.532. The Kier molecular flexibility index (Phi) is 6.77. The Hall–Kier alpha value is -1.76. The highest BCUT2D eigenvalue weighted by Crippen LogP contribution is 2.37. The van der Waals surface area contributed by atoms with Crippen molar-refractivity contribution < 1.29 is 14.3 Å². The lowest BCUT2D eigenvalue weighted by Crippen LogP contribution is -2.50. The quantitative estimate of drug-likeness (QED) is 0.815. The van der Waals surface area contributed by atoms with E-state index in [0.29, 0.717) is 25.6 Å². The number of carbonyl (C=O) groups is 2. The maximum absolute atomic E-state index is 12.6. The third-order valence-corrected chi connectivity index (χ3v) is 6.32. The predicted octanol–water partition coefficient (Wildman–Crippen LogP) is 3.90. The third kappa shape index (κ3) is 4.90. The summed E-state index contributed by atoms with van der Waals surface area (Å²) in [6.07, 6.45) is 6.14. The fourth-order valence-corrected chi connectivity index (χ4v) is 4.84. The lowest BCUT2D eigenvalue weighted by molar-refractivity contribution is 0.0956. The van der Waals surface area contributed by atoms with E-state index < -0.39 is 0 Å². The Morgan fingerprint density at radius 2 is 2.00 bits per heavy atom. The van der Waals surface area contributed by atoms with E-state index in [0.717, 1.165) is 12.8 Å². The van der Waals surface area contributed by atoms with Gasteiger partial charge in [0.25, 0.3) is 0 Å². The number of likely N-dealkylation sites (tertiary alicyclic amines) is 1. The summed E-state index contributed by atoms with van der Waals surface area (Å²) in [6, 6.07) is 4.29. The smallest absolute Gasteiger partial charge is 0.409 e. The number of nitrogens with zero attached hydrogens (tertiary/aromatic N) is 1. The topological polar surface area (TPSA) is 70.7 Å². The minimum Gasteiger partial charge on any atom is -0.450 e. The Morgan fingerprint density at radius 3 is 2.62 bits per heavy atom. The van der Waals surface area contributed by atoms with Gasteiger partial charge in [-0.05, 0) is 50.0 Å². The first-order chi connectivity index (χ1) is 12.7. The second-order valence-corrected chi connectivity index (χ2v) is 8.09. The number of hydrogen-bond donors (Lipinski definition) is 2. The number of carbonyl (C=O) groups excluding carboxylic acids is 2. The van der Waals surface area contributed by atoms with E-state index in [1.807, 2.05) is 13.0 Å². The summed E-state index contributed by atoms with van der Waals surface area (Å²) in [5.41, 5.74) is 0. The van der Waals surface area contributed by atoms with E-state index >= 15 is 0 Å². The van der Waals surface area contributed by atoms with Crippen molar-refractivity contribution in [1.29, 1.82) is 0 Å². The number of amides is 3. The number of nitrogens with one attached hydrogen (secondary N) is 2. The summed E-state index contributed by atoms with van der Waals surface area (Å²) in [7, 11) is 0. The van der Waals surface area contributed by atoms with Crippen LogP contribution in [0, 0.1) is 5.92 Å². The van der Waals surface area contributed by atoms with Crippen LogP contribution in [0.1, 0.15) is 56.4 Å². The molecule has 6 nitrogen and oxygen atoms in total. The number of piperidine rings is 1. The molecular weight excluding hydrogens is 350 g/mol. The van der Waals surface area contributed by atoms with Crippen molar-refractivity contribution in [2.45, 2.75) is 57.5 Å². The average molecular weight is 380 g/mol. The normalized spacial score (nSPS) is 20.0. The Morgan fingerprint density at radius 1 is 1.27 bits per heavy atom. The zero-order chi connectivity index (χ0) is 18.4. The van der Waals surface area contributed by atoms with Crippen molar-refractivity contribution in [2.24, 2.45) is 5.92 Å². The maximum atomic E-state index is 12.6. The fraction of sp³-hybridized carbons (Fsp3) is 0.684. The summed E-state index contributed by atoms with van der Waals surface area (Å²) >= 11 is 1.71. The van der Waals surface area contributed by atoms with Crippen molar-refractivity contribution in [3.8, 4) is 0 Å². The van der Waals surface area contributed by atoms with Gasteiger partial charge < -0.3 is 20.3 Å². The second-order valence-electron chi connectivity index (χ2n) is 7.12. The molecule has 1 aromatic rings. The summed E-state index contributed by atoms with van der Waals surface area (Å²) in [5, 5.41) is 8.39. The lowest BCUT2D eigenvalue weighted by Gasteiger charge is -2.32. The number of hydrogen-bond acceptors (Lipinski definition) is 4. The van der Waals surface area contributed by atoms with Crippen LogP contribution in [0.5, 0.6) is 0 Å². The zero-order valence-electron chi connectivity index (χ0n) is 15.4. The highest BCUT2D eigenvalue weighted by molar-refractivity contribution is 7.10. The molecule has 1 atom stereocenters. The van der Waals surface area contributed by atoms with Crippen LogP contribution in [0.3, 0.4) is 0 Å². The molecule has 7 heteroatoms. The summed E-state index contributed by atoms with van der Waals surface area (Å²) < 4.78 is 5.04. The van der Waals surface area contributed by atoms with Crippen molar-refractivity contribution >= 4 is 23.5 Å². The molecule has 0 spiro atoms. The first kappa shape index (κ1) is 19.0.